The fourth-order valence-corrected chi connectivity index (χ4v) is 2.49. The normalized spacial score (nSPS) is 16.5. The van der Waals surface area contributed by atoms with Gasteiger partial charge in [0.25, 0.3) is 0 Å². The van der Waals surface area contributed by atoms with Crippen LogP contribution < -0.4 is 11.1 Å². The Balaban J connectivity index is 2.13. The standard InChI is InChI=1S/C14H21N3O2/c1-3-14(5-4-6-14)9-17-12-11(13(18)19-2)7-10(15)8-16-12/h7-8H,3-6,9,15H2,1-2H3,(H,16,17). The van der Waals surface area contributed by atoms with E-state index in [2.05, 4.69) is 17.2 Å². The lowest BCUT2D eigenvalue weighted by atomic mass is 9.67. The quantitative estimate of drug-likeness (QED) is 0.798. The number of nitrogen functional groups attached to an aromatic ring is 1. The number of nitrogens with one attached hydrogen (secondary N) is 1. The zero-order valence-electron chi connectivity index (χ0n) is 11.5. The lowest BCUT2D eigenvalue weighted by Crippen LogP contribution is -2.36. The Morgan fingerprint density at radius 1 is 1.58 bits per heavy atom. The molecule has 0 aliphatic heterocycles. The summed E-state index contributed by atoms with van der Waals surface area (Å²) in [6.45, 7) is 3.04. The van der Waals surface area contributed by atoms with Gasteiger partial charge in [-0.1, -0.05) is 13.3 Å². The van der Waals surface area contributed by atoms with Crippen molar-refractivity contribution in [3.63, 3.8) is 0 Å². The number of esters is 1. The van der Waals surface area contributed by atoms with Crippen LogP contribution in [0.5, 0.6) is 0 Å². The van der Waals surface area contributed by atoms with E-state index in [0.717, 1.165) is 13.0 Å². The SMILES string of the molecule is CCC1(CNc2ncc(N)cc2C(=O)OC)CCC1. The lowest BCUT2D eigenvalue weighted by molar-refractivity contribution is 0.0601. The summed E-state index contributed by atoms with van der Waals surface area (Å²) in [6, 6.07) is 1.60. The first-order chi connectivity index (χ1) is 9.10. The first kappa shape index (κ1) is 13.6. The van der Waals surface area contributed by atoms with Crippen molar-refractivity contribution in [2.45, 2.75) is 32.6 Å². The van der Waals surface area contributed by atoms with Crippen molar-refractivity contribution in [1.82, 2.24) is 4.98 Å². The van der Waals surface area contributed by atoms with E-state index >= 15 is 0 Å². The highest BCUT2D eigenvalue weighted by Gasteiger charge is 2.35. The number of hydrogen-bond acceptors (Lipinski definition) is 5. The van der Waals surface area contributed by atoms with Crippen LogP contribution >= 0.6 is 0 Å². The van der Waals surface area contributed by atoms with Gasteiger partial charge in [0, 0.05) is 6.54 Å². The van der Waals surface area contributed by atoms with Crippen LogP contribution in [0.15, 0.2) is 12.3 Å². The van der Waals surface area contributed by atoms with E-state index in [1.54, 1.807) is 12.3 Å². The van der Waals surface area contributed by atoms with Crippen LogP contribution in [0.1, 0.15) is 43.0 Å². The summed E-state index contributed by atoms with van der Waals surface area (Å²) in [5, 5.41) is 3.28. The van der Waals surface area contributed by atoms with Crippen LogP contribution in [-0.4, -0.2) is 24.6 Å². The van der Waals surface area contributed by atoms with Crippen molar-refractivity contribution in [3.05, 3.63) is 17.8 Å². The molecule has 0 spiro atoms. The Bertz CT molecular complexity index is 464. The fourth-order valence-electron chi connectivity index (χ4n) is 2.49. The first-order valence-electron chi connectivity index (χ1n) is 6.68. The molecule has 0 saturated heterocycles. The molecule has 5 nitrogen and oxygen atoms in total. The number of nitrogens with zero attached hydrogens (tertiary/aromatic N) is 1. The number of aromatic nitrogens is 1. The Hall–Kier alpha value is -1.78. The number of ether oxygens (including phenoxy) is 1. The number of hydrogen-bond donors (Lipinski definition) is 2. The lowest BCUT2D eigenvalue weighted by Gasteiger charge is -2.41. The molecular weight excluding hydrogens is 242 g/mol. The van der Waals surface area contributed by atoms with E-state index in [1.807, 2.05) is 0 Å². The van der Waals surface area contributed by atoms with Crippen molar-refractivity contribution < 1.29 is 9.53 Å². The van der Waals surface area contributed by atoms with Gasteiger partial charge in [-0.3, -0.25) is 0 Å². The molecule has 1 aromatic heterocycles. The van der Waals surface area contributed by atoms with E-state index in [0.29, 0.717) is 22.5 Å². The van der Waals surface area contributed by atoms with Crippen LogP contribution in [-0.2, 0) is 4.74 Å². The predicted octanol–water partition coefficient (Wildman–Crippen LogP) is 2.44. The number of nitrogens with two attached hydrogens (primary N) is 1. The van der Waals surface area contributed by atoms with Gasteiger partial charge in [-0.25, -0.2) is 9.78 Å². The molecule has 3 N–H and O–H groups in total. The number of pyridine rings is 1. The highest BCUT2D eigenvalue weighted by atomic mass is 16.5. The van der Waals surface area contributed by atoms with E-state index in [-0.39, 0.29) is 0 Å². The second kappa shape index (κ2) is 5.47. The van der Waals surface area contributed by atoms with Gasteiger partial charge >= 0.3 is 5.97 Å². The van der Waals surface area contributed by atoms with Gasteiger partial charge in [0.15, 0.2) is 0 Å². The number of rotatable bonds is 5. The minimum atomic E-state index is -0.415. The van der Waals surface area contributed by atoms with E-state index in [9.17, 15) is 4.79 Å². The van der Waals surface area contributed by atoms with E-state index in [4.69, 9.17) is 10.5 Å². The monoisotopic (exact) mass is 263 g/mol. The fraction of sp³-hybridized carbons (Fsp3) is 0.571. The highest BCUT2D eigenvalue weighted by molar-refractivity contribution is 5.95. The van der Waals surface area contributed by atoms with Gasteiger partial charge in [0.1, 0.15) is 11.4 Å². The highest BCUT2D eigenvalue weighted by Crippen LogP contribution is 2.43. The zero-order valence-corrected chi connectivity index (χ0v) is 11.5. The Morgan fingerprint density at radius 2 is 2.32 bits per heavy atom. The number of methoxy groups -OCH3 is 1. The summed E-state index contributed by atoms with van der Waals surface area (Å²) in [5.74, 6) is 0.141. The molecule has 104 valence electrons. The third-order valence-corrected chi connectivity index (χ3v) is 4.11. The third kappa shape index (κ3) is 2.80. The average Bonchev–Trinajstić information content (AvgIpc) is 2.38. The van der Waals surface area contributed by atoms with Crippen LogP contribution in [0.4, 0.5) is 11.5 Å². The van der Waals surface area contributed by atoms with Crippen LogP contribution in [0.2, 0.25) is 0 Å². The second-order valence-electron chi connectivity index (χ2n) is 5.22. The van der Waals surface area contributed by atoms with Gasteiger partial charge in [-0.2, -0.15) is 0 Å². The molecule has 0 aromatic carbocycles. The van der Waals surface area contributed by atoms with Crippen LogP contribution in [0.25, 0.3) is 0 Å². The van der Waals surface area contributed by atoms with Crippen molar-refractivity contribution in [1.29, 1.82) is 0 Å². The molecule has 5 heteroatoms. The molecule has 2 rings (SSSR count). The summed E-state index contributed by atoms with van der Waals surface area (Å²) in [6.07, 6.45) is 6.45. The number of carbonyl (C=O) groups is 1. The van der Waals surface area contributed by atoms with Gasteiger partial charge < -0.3 is 15.8 Å². The smallest absolute Gasteiger partial charge is 0.341 e. The van der Waals surface area contributed by atoms with Gasteiger partial charge in [0.05, 0.1) is 19.0 Å². The molecule has 0 unspecified atom stereocenters. The van der Waals surface area contributed by atoms with Gasteiger partial charge in [0.2, 0.25) is 0 Å². The number of carbonyl (C=O) groups excluding carboxylic acids is 1. The van der Waals surface area contributed by atoms with Crippen molar-refractivity contribution in [3.8, 4) is 0 Å². The largest absolute Gasteiger partial charge is 0.465 e. The van der Waals surface area contributed by atoms with E-state index in [1.165, 1.54) is 26.4 Å². The minimum absolute atomic E-state index is 0.358. The Morgan fingerprint density at radius 3 is 2.84 bits per heavy atom. The van der Waals surface area contributed by atoms with Crippen molar-refractivity contribution >= 4 is 17.5 Å². The van der Waals surface area contributed by atoms with Crippen LogP contribution in [0.3, 0.4) is 0 Å². The van der Waals surface area contributed by atoms with Gasteiger partial charge in [-0.15, -0.1) is 0 Å². The molecule has 0 amide bonds. The second-order valence-corrected chi connectivity index (χ2v) is 5.22. The minimum Gasteiger partial charge on any atom is -0.465 e. The Labute approximate surface area is 113 Å². The average molecular weight is 263 g/mol. The summed E-state index contributed by atoms with van der Waals surface area (Å²) in [5.41, 5.74) is 6.88. The maximum Gasteiger partial charge on any atom is 0.341 e. The molecule has 1 aromatic rings. The van der Waals surface area contributed by atoms with Crippen LogP contribution in [0, 0.1) is 5.41 Å². The molecule has 1 aliphatic carbocycles. The van der Waals surface area contributed by atoms with Gasteiger partial charge in [-0.05, 0) is 30.7 Å². The maximum atomic E-state index is 11.7. The number of anilines is 2. The molecule has 0 bridgehead atoms. The first-order valence-corrected chi connectivity index (χ1v) is 6.68. The molecule has 0 atom stereocenters. The molecule has 1 fully saturated rings. The predicted molar refractivity (Wildman–Crippen MR) is 75.1 cm³/mol. The zero-order chi connectivity index (χ0) is 13.9. The summed E-state index contributed by atoms with van der Waals surface area (Å²) in [7, 11) is 1.36. The maximum absolute atomic E-state index is 11.7. The van der Waals surface area contributed by atoms with Crippen molar-refractivity contribution in [2.24, 2.45) is 5.41 Å². The van der Waals surface area contributed by atoms with E-state index < -0.39 is 5.97 Å². The summed E-state index contributed by atoms with van der Waals surface area (Å²) in [4.78, 5) is 15.9. The molecule has 1 saturated carbocycles. The molecular formula is C14H21N3O2. The molecule has 1 heterocycles. The third-order valence-electron chi connectivity index (χ3n) is 4.11. The summed E-state index contributed by atoms with van der Waals surface area (Å²) >= 11 is 0. The van der Waals surface area contributed by atoms with Crippen molar-refractivity contribution in [2.75, 3.05) is 24.7 Å². The molecule has 1 aliphatic rings. The molecule has 19 heavy (non-hydrogen) atoms. The topological polar surface area (TPSA) is 77.2 Å². The Kier molecular flexibility index (Phi) is 3.93. The molecule has 0 radical (unpaired) electrons. The summed E-state index contributed by atoms with van der Waals surface area (Å²) < 4.78 is 4.76.